The molecule has 1 aliphatic heterocycles. The summed E-state index contributed by atoms with van der Waals surface area (Å²) < 4.78 is 11.4. The Labute approximate surface area is 170 Å². The minimum Gasteiger partial charge on any atom is -0.415 e. The molecule has 0 atom stereocenters. The summed E-state index contributed by atoms with van der Waals surface area (Å²) in [6.45, 7) is 4.18. The van der Waals surface area contributed by atoms with Crippen molar-refractivity contribution in [1.82, 2.24) is 25.1 Å². The summed E-state index contributed by atoms with van der Waals surface area (Å²) >= 11 is 3.34. The van der Waals surface area contributed by atoms with Crippen molar-refractivity contribution < 1.29 is 9.15 Å². The normalized spacial score (nSPS) is 20.1. The first kappa shape index (κ1) is 17.3. The van der Waals surface area contributed by atoms with Crippen molar-refractivity contribution in [3.8, 4) is 0 Å². The van der Waals surface area contributed by atoms with Crippen LogP contribution in [0.4, 0.5) is 0 Å². The summed E-state index contributed by atoms with van der Waals surface area (Å²) in [4.78, 5) is 14.8. The average Bonchev–Trinajstić information content (AvgIpc) is 3.11. The van der Waals surface area contributed by atoms with Crippen LogP contribution in [0.15, 0.2) is 14.7 Å². The van der Waals surface area contributed by atoms with E-state index < -0.39 is 0 Å². The van der Waals surface area contributed by atoms with E-state index in [-0.39, 0.29) is 0 Å². The van der Waals surface area contributed by atoms with Gasteiger partial charge in [0.1, 0.15) is 15.7 Å². The average molecular weight is 416 g/mol. The molecular formula is C19H21N5O2S2. The molecule has 0 N–H and O–H groups in total. The van der Waals surface area contributed by atoms with Crippen molar-refractivity contribution in [2.45, 2.75) is 54.8 Å². The molecule has 2 fully saturated rings. The number of ether oxygens (including phenoxy) is 1. The standard InChI is InChI=1S/C19H21N5O2S2/c1-2-12-13(3-1)27-17-15(12)18(28-19-23-22-16(26-19)11-4-5-11)21-14(20-17)10-24-6-8-25-9-7-24/h11H,1-10H2. The Morgan fingerprint density at radius 2 is 2.00 bits per heavy atom. The molecule has 0 bridgehead atoms. The van der Waals surface area contributed by atoms with E-state index >= 15 is 0 Å². The van der Waals surface area contributed by atoms with Crippen LogP contribution in [0, 0.1) is 0 Å². The maximum Gasteiger partial charge on any atom is 0.282 e. The van der Waals surface area contributed by atoms with Gasteiger partial charge in [-0.05, 0) is 49.4 Å². The van der Waals surface area contributed by atoms with Crippen LogP contribution in [0.25, 0.3) is 10.2 Å². The van der Waals surface area contributed by atoms with Gasteiger partial charge in [0, 0.05) is 29.3 Å². The first-order valence-electron chi connectivity index (χ1n) is 9.96. The van der Waals surface area contributed by atoms with Gasteiger partial charge in [-0.1, -0.05) is 0 Å². The third-order valence-electron chi connectivity index (χ3n) is 5.58. The summed E-state index contributed by atoms with van der Waals surface area (Å²) in [6, 6.07) is 0. The van der Waals surface area contributed by atoms with Gasteiger partial charge in [0.05, 0.1) is 19.8 Å². The van der Waals surface area contributed by atoms with Crippen molar-refractivity contribution in [2.75, 3.05) is 26.3 Å². The van der Waals surface area contributed by atoms with E-state index in [4.69, 9.17) is 19.1 Å². The SMILES string of the molecule is C1Cc2sc3nc(CN4CCOCC4)nc(Sc4nnc(C5CC5)o4)c3c2C1. The fraction of sp³-hybridized carbons (Fsp3) is 0.579. The van der Waals surface area contributed by atoms with Gasteiger partial charge < -0.3 is 9.15 Å². The van der Waals surface area contributed by atoms with Gasteiger partial charge in [0.2, 0.25) is 5.89 Å². The molecule has 0 amide bonds. The van der Waals surface area contributed by atoms with Crippen LogP contribution in [0.2, 0.25) is 0 Å². The Bertz CT molecular complexity index is 1020. The van der Waals surface area contributed by atoms with Crippen molar-refractivity contribution >= 4 is 33.3 Å². The molecule has 1 saturated carbocycles. The van der Waals surface area contributed by atoms with Crippen LogP contribution < -0.4 is 0 Å². The lowest BCUT2D eigenvalue weighted by Gasteiger charge is -2.25. The quantitative estimate of drug-likeness (QED) is 0.587. The summed E-state index contributed by atoms with van der Waals surface area (Å²) in [7, 11) is 0. The van der Waals surface area contributed by atoms with Crippen LogP contribution in [-0.2, 0) is 24.1 Å². The lowest BCUT2D eigenvalue weighted by molar-refractivity contribution is 0.0330. The van der Waals surface area contributed by atoms with Crippen molar-refractivity contribution in [3.63, 3.8) is 0 Å². The van der Waals surface area contributed by atoms with Crippen LogP contribution in [0.1, 0.15) is 47.3 Å². The third kappa shape index (κ3) is 3.24. The molecule has 7 nitrogen and oxygen atoms in total. The van der Waals surface area contributed by atoms with Crippen molar-refractivity contribution in [3.05, 3.63) is 22.2 Å². The number of fused-ring (bicyclic) bond motifs is 3. The van der Waals surface area contributed by atoms with Gasteiger partial charge >= 0.3 is 0 Å². The molecule has 3 aromatic heterocycles. The third-order valence-corrected chi connectivity index (χ3v) is 7.59. The van der Waals surface area contributed by atoms with E-state index in [1.807, 2.05) is 11.3 Å². The maximum absolute atomic E-state index is 5.90. The number of hydrogen-bond acceptors (Lipinski definition) is 9. The predicted molar refractivity (Wildman–Crippen MR) is 106 cm³/mol. The number of aryl methyl sites for hydroxylation is 2. The highest BCUT2D eigenvalue weighted by atomic mass is 32.2. The number of hydrogen-bond donors (Lipinski definition) is 0. The molecule has 0 radical (unpaired) electrons. The van der Waals surface area contributed by atoms with E-state index in [2.05, 4.69) is 15.1 Å². The second-order valence-corrected chi connectivity index (χ2v) is 9.68. The first-order valence-corrected chi connectivity index (χ1v) is 11.6. The highest BCUT2D eigenvalue weighted by molar-refractivity contribution is 7.99. The van der Waals surface area contributed by atoms with E-state index in [9.17, 15) is 0 Å². The fourth-order valence-electron chi connectivity index (χ4n) is 3.95. The molecule has 146 valence electrons. The van der Waals surface area contributed by atoms with Gasteiger partial charge in [-0.25, -0.2) is 9.97 Å². The summed E-state index contributed by atoms with van der Waals surface area (Å²) in [5.41, 5.74) is 1.43. The van der Waals surface area contributed by atoms with Crippen molar-refractivity contribution in [2.24, 2.45) is 0 Å². The Balaban J connectivity index is 1.37. The van der Waals surface area contributed by atoms with E-state index in [1.54, 1.807) is 0 Å². The topological polar surface area (TPSA) is 77.2 Å². The summed E-state index contributed by atoms with van der Waals surface area (Å²) in [6.07, 6.45) is 5.82. The van der Waals surface area contributed by atoms with E-state index in [0.717, 1.165) is 80.1 Å². The predicted octanol–water partition coefficient (Wildman–Crippen LogP) is 3.42. The molecule has 2 aliphatic carbocycles. The molecular weight excluding hydrogens is 394 g/mol. The Morgan fingerprint density at radius 3 is 2.86 bits per heavy atom. The maximum atomic E-state index is 5.90. The highest BCUT2D eigenvalue weighted by Gasteiger charge is 2.30. The lowest BCUT2D eigenvalue weighted by atomic mass is 10.2. The first-order chi connectivity index (χ1) is 13.8. The summed E-state index contributed by atoms with van der Waals surface area (Å²) in [5, 5.41) is 11.3. The second kappa shape index (κ2) is 7.05. The highest BCUT2D eigenvalue weighted by Crippen LogP contribution is 2.43. The molecule has 3 aromatic rings. The number of morpholine rings is 1. The van der Waals surface area contributed by atoms with Gasteiger partial charge in [0.25, 0.3) is 5.22 Å². The van der Waals surface area contributed by atoms with Gasteiger partial charge in [-0.15, -0.1) is 21.5 Å². The molecule has 0 aromatic carbocycles. The molecule has 1 saturated heterocycles. The number of rotatable bonds is 5. The van der Waals surface area contributed by atoms with Gasteiger partial charge in [0.15, 0.2) is 0 Å². The van der Waals surface area contributed by atoms with Gasteiger partial charge in [-0.2, -0.15) is 0 Å². The Kier molecular flexibility index (Phi) is 4.36. The molecule has 6 rings (SSSR count). The zero-order chi connectivity index (χ0) is 18.5. The monoisotopic (exact) mass is 415 g/mol. The van der Waals surface area contributed by atoms with E-state index in [0.29, 0.717) is 11.1 Å². The van der Waals surface area contributed by atoms with Gasteiger partial charge in [-0.3, -0.25) is 4.90 Å². The minimum atomic E-state index is 0.467. The molecule has 4 heterocycles. The largest absolute Gasteiger partial charge is 0.415 e. The number of nitrogens with zero attached hydrogens (tertiary/aromatic N) is 5. The minimum absolute atomic E-state index is 0.467. The van der Waals surface area contributed by atoms with Crippen LogP contribution in [0.3, 0.4) is 0 Å². The fourth-order valence-corrected chi connectivity index (χ4v) is 6.14. The molecule has 0 spiro atoms. The summed E-state index contributed by atoms with van der Waals surface area (Å²) in [5.74, 6) is 2.12. The second-order valence-electron chi connectivity index (χ2n) is 7.65. The Hall–Kier alpha value is -1.55. The van der Waals surface area contributed by atoms with Crippen LogP contribution in [-0.4, -0.2) is 51.4 Å². The number of thiophene rings is 1. The lowest BCUT2D eigenvalue weighted by Crippen LogP contribution is -2.36. The zero-order valence-electron chi connectivity index (χ0n) is 15.5. The molecule has 3 aliphatic rings. The molecule has 9 heteroatoms. The Morgan fingerprint density at radius 1 is 1.11 bits per heavy atom. The van der Waals surface area contributed by atoms with E-state index in [1.165, 1.54) is 34.0 Å². The molecule has 28 heavy (non-hydrogen) atoms. The zero-order valence-corrected chi connectivity index (χ0v) is 17.2. The van der Waals surface area contributed by atoms with Crippen LogP contribution in [0.5, 0.6) is 0 Å². The number of aromatic nitrogens is 4. The smallest absolute Gasteiger partial charge is 0.282 e. The molecule has 0 unspecified atom stereocenters. The van der Waals surface area contributed by atoms with Crippen LogP contribution >= 0.6 is 23.1 Å². The van der Waals surface area contributed by atoms with Crippen molar-refractivity contribution in [1.29, 1.82) is 0 Å².